The molecule has 0 bridgehead atoms. The molecule has 3 aliphatic rings. The Bertz CT molecular complexity index is 741. The number of ketones is 3. The zero-order valence-corrected chi connectivity index (χ0v) is 14.7. The van der Waals surface area contributed by atoms with Gasteiger partial charge in [-0.3, -0.25) is 14.4 Å². The number of fused-ring (bicyclic) bond motifs is 3. The van der Waals surface area contributed by atoms with Crippen LogP contribution in [0.15, 0.2) is 36.5 Å². The molecule has 1 N–H and O–H groups in total. The zero-order chi connectivity index (χ0) is 18.1. The van der Waals surface area contributed by atoms with E-state index in [9.17, 15) is 19.5 Å². The van der Waals surface area contributed by atoms with Crippen LogP contribution in [0.1, 0.15) is 40.5 Å². The van der Waals surface area contributed by atoms with Gasteiger partial charge in [0.25, 0.3) is 0 Å². The summed E-state index contributed by atoms with van der Waals surface area (Å²) in [6.07, 6.45) is 6.67. The molecule has 0 heterocycles. The number of aliphatic hydroxyl groups is 1. The van der Waals surface area contributed by atoms with Gasteiger partial charge in [0.15, 0.2) is 23.0 Å². The molecule has 128 valence electrons. The molecular weight excluding hydrogens is 304 g/mol. The van der Waals surface area contributed by atoms with Crippen molar-refractivity contribution in [3.63, 3.8) is 0 Å². The van der Waals surface area contributed by atoms with Crippen LogP contribution < -0.4 is 0 Å². The van der Waals surface area contributed by atoms with E-state index < -0.39 is 27.8 Å². The molecule has 0 aromatic carbocycles. The number of allylic oxidation sites excluding steroid dienone is 3. The molecule has 0 spiro atoms. The highest BCUT2D eigenvalue weighted by Crippen LogP contribution is 2.61. The third-order valence-corrected chi connectivity index (χ3v) is 6.56. The minimum atomic E-state index is -1.88. The van der Waals surface area contributed by atoms with Crippen LogP contribution in [0.4, 0.5) is 0 Å². The van der Waals surface area contributed by atoms with Crippen LogP contribution in [0.3, 0.4) is 0 Å². The molecule has 0 radical (unpaired) electrons. The summed E-state index contributed by atoms with van der Waals surface area (Å²) in [6.45, 7) is 10.9. The van der Waals surface area contributed by atoms with E-state index in [1.165, 1.54) is 6.08 Å². The van der Waals surface area contributed by atoms with Gasteiger partial charge < -0.3 is 5.11 Å². The van der Waals surface area contributed by atoms with Crippen LogP contribution >= 0.6 is 0 Å². The lowest BCUT2D eigenvalue weighted by atomic mass is 9.45. The van der Waals surface area contributed by atoms with Crippen molar-refractivity contribution in [2.24, 2.45) is 22.2 Å². The summed E-state index contributed by atoms with van der Waals surface area (Å²) in [6, 6.07) is 0. The van der Waals surface area contributed by atoms with Gasteiger partial charge in [0, 0.05) is 34.7 Å². The van der Waals surface area contributed by atoms with Gasteiger partial charge in [0.1, 0.15) is 0 Å². The molecule has 0 saturated heterocycles. The highest BCUT2D eigenvalue weighted by Gasteiger charge is 2.67. The average Bonchev–Trinajstić information content (AvgIpc) is 2.50. The third kappa shape index (κ3) is 1.80. The molecular formula is C20H24O4. The van der Waals surface area contributed by atoms with Crippen molar-refractivity contribution in [1.82, 2.24) is 0 Å². The molecule has 24 heavy (non-hydrogen) atoms. The predicted molar refractivity (Wildman–Crippen MR) is 90.1 cm³/mol. The second-order valence-corrected chi connectivity index (χ2v) is 8.46. The molecule has 1 fully saturated rings. The van der Waals surface area contributed by atoms with Crippen molar-refractivity contribution >= 4 is 17.3 Å². The molecule has 1 saturated carbocycles. The van der Waals surface area contributed by atoms with Gasteiger partial charge >= 0.3 is 0 Å². The number of rotatable bonds is 1. The van der Waals surface area contributed by atoms with Gasteiger partial charge in [0.05, 0.1) is 0 Å². The topological polar surface area (TPSA) is 71.4 Å². The maximum atomic E-state index is 13.0. The first-order valence-electron chi connectivity index (χ1n) is 8.32. The lowest BCUT2D eigenvalue weighted by molar-refractivity contribution is -0.167. The van der Waals surface area contributed by atoms with Crippen molar-refractivity contribution in [2.45, 2.75) is 46.1 Å². The van der Waals surface area contributed by atoms with Gasteiger partial charge in [-0.2, -0.15) is 0 Å². The van der Waals surface area contributed by atoms with Gasteiger partial charge in [0.2, 0.25) is 0 Å². The minimum Gasteiger partial charge on any atom is -0.376 e. The molecule has 0 aromatic heterocycles. The Balaban J connectivity index is 2.29. The van der Waals surface area contributed by atoms with E-state index in [-0.39, 0.29) is 35.8 Å². The summed E-state index contributed by atoms with van der Waals surface area (Å²) in [5.41, 5.74) is -4.15. The largest absolute Gasteiger partial charge is 0.376 e. The summed E-state index contributed by atoms with van der Waals surface area (Å²) < 4.78 is 0. The van der Waals surface area contributed by atoms with E-state index in [2.05, 4.69) is 6.58 Å². The van der Waals surface area contributed by atoms with Crippen molar-refractivity contribution in [2.75, 3.05) is 0 Å². The summed E-state index contributed by atoms with van der Waals surface area (Å²) >= 11 is 0. The van der Waals surface area contributed by atoms with E-state index in [1.807, 2.05) is 6.92 Å². The lowest BCUT2D eigenvalue weighted by Crippen LogP contribution is -2.67. The third-order valence-electron chi connectivity index (χ3n) is 6.56. The second-order valence-electron chi connectivity index (χ2n) is 8.46. The van der Waals surface area contributed by atoms with E-state index in [0.717, 1.165) is 0 Å². The Morgan fingerprint density at radius 3 is 2.42 bits per heavy atom. The summed E-state index contributed by atoms with van der Waals surface area (Å²) in [5.74, 6) is -1.13. The Morgan fingerprint density at radius 2 is 1.83 bits per heavy atom. The highest BCUT2D eigenvalue weighted by molar-refractivity contribution is 6.11. The maximum Gasteiger partial charge on any atom is 0.171 e. The monoisotopic (exact) mass is 328 g/mol. The quantitative estimate of drug-likeness (QED) is 0.751. The number of carbonyl (C=O) groups excluding carboxylic acids is 3. The number of hydrogen-bond donors (Lipinski definition) is 1. The van der Waals surface area contributed by atoms with Crippen LogP contribution in [-0.2, 0) is 14.4 Å². The fourth-order valence-corrected chi connectivity index (χ4v) is 4.75. The van der Waals surface area contributed by atoms with E-state index >= 15 is 0 Å². The summed E-state index contributed by atoms with van der Waals surface area (Å²) in [7, 11) is 0. The fraction of sp³-hybridized carbons (Fsp3) is 0.550. The average molecular weight is 328 g/mol. The van der Waals surface area contributed by atoms with Crippen LogP contribution in [0, 0.1) is 22.2 Å². The highest BCUT2D eigenvalue weighted by atomic mass is 16.3. The van der Waals surface area contributed by atoms with Gasteiger partial charge in [-0.25, -0.2) is 0 Å². The molecule has 4 heteroatoms. The van der Waals surface area contributed by atoms with Crippen LogP contribution in [0.5, 0.6) is 0 Å². The van der Waals surface area contributed by atoms with Crippen LogP contribution in [-0.4, -0.2) is 28.1 Å². The van der Waals surface area contributed by atoms with Gasteiger partial charge in [-0.1, -0.05) is 45.9 Å². The Kier molecular flexibility index (Phi) is 3.29. The first-order chi connectivity index (χ1) is 10.9. The van der Waals surface area contributed by atoms with Crippen molar-refractivity contribution < 1.29 is 19.5 Å². The predicted octanol–water partition coefficient (Wildman–Crippen LogP) is 2.57. The van der Waals surface area contributed by atoms with Gasteiger partial charge in [-0.15, -0.1) is 6.58 Å². The summed E-state index contributed by atoms with van der Waals surface area (Å²) in [4.78, 5) is 38.2. The molecule has 3 aliphatic carbocycles. The minimum absolute atomic E-state index is 0.0759. The molecule has 4 nitrogen and oxygen atoms in total. The number of carbonyl (C=O) groups is 3. The fourth-order valence-electron chi connectivity index (χ4n) is 4.75. The lowest BCUT2D eigenvalue weighted by Gasteiger charge is -2.58. The van der Waals surface area contributed by atoms with Crippen molar-refractivity contribution in [3.05, 3.63) is 36.5 Å². The van der Waals surface area contributed by atoms with E-state index in [4.69, 9.17) is 0 Å². The van der Waals surface area contributed by atoms with E-state index in [1.54, 1.807) is 39.0 Å². The Morgan fingerprint density at radius 1 is 1.21 bits per heavy atom. The maximum absolute atomic E-state index is 13.0. The standard InChI is InChI=1S/C20H24O4/c1-6-18(4)10-12-13(21)9-14-17(2,3)15(22)7-8-19(14,5)20(12,24)16(23)11-18/h6-8,10,14,24H,1,9,11H2,2-5H3/t14-,18+,19-,20-/m0/s1. The Hall–Kier alpha value is -1.81. The molecule has 0 unspecified atom stereocenters. The number of Topliss-reactive ketones (excluding diaryl/α,β-unsaturated/α-hetero) is 2. The van der Waals surface area contributed by atoms with Crippen LogP contribution in [0.2, 0.25) is 0 Å². The molecule has 0 amide bonds. The molecule has 4 atom stereocenters. The number of hydrogen-bond acceptors (Lipinski definition) is 4. The molecule has 0 aliphatic heterocycles. The smallest absolute Gasteiger partial charge is 0.171 e. The Labute approximate surface area is 142 Å². The first kappa shape index (κ1) is 17.0. The second kappa shape index (κ2) is 4.63. The van der Waals surface area contributed by atoms with Crippen molar-refractivity contribution in [3.8, 4) is 0 Å². The SMILES string of the molecule is C=C[C@]1(C)C=C2C(=O)C[C@H]3C(C)(C)C(=O)C=C[C@]3(C)[C@@]2(O)C(=O)C1. The normalized spacial score (nSPS) is 43.8. The molecule has 3 rings (SSSR count). The van der Waals surface area contributed by atoms with E-state index in [0.29, 0.717) is 0 Å². The zero-order valence-electron chi connectivity index (χ0n) is 14.7. The van der Waals surface area contributed by atoms with Gasteiger partial charge in [-0.05, 0) is 12.0 Å². The molecule has 0 aromatic rings. The summed E-state index contributed by atoms with van der Waals surface area (Å²) in [5, 5.41) is 11.5. The first-order valence-corrected chi connectivity index (χ1v) is 8.32. The van der Waals surface area contributed by atoms with Crippen LogP contribution in [0.25, 0.3) is 0 Å². The van der Waals surface area contributed by atoms with Crippen molar-refractivity contribution in [1.29, 1.82) is 0 Å².